The molecular weight excluding hydrogens is 144 g/mol. The lowest BCUT2D eigenvalue weighted by Crippen LogP contribution is -2.32. The Bertz CT molecular complexity index is 132. The third-order valence-corrected chi connectivity index (χ3v) is 1.73. The van der Waals surface area contributed by atoms with E-state index in [2.05, 4.69) is 5.32 Å². The smallest absolute Gasteiger partial charge is 0.218 e. The van der Waals surface area contributed by atoms with E-state index >= 15 is 0 Å². The van der Waals surface area contributed by atoms with E-state index < -0.39 is 0 Å². The Kier molecular flexibility index (Phi) is 3.32. The molecule has 1 fully saturated rings. The lowest BCUT2D eigenvalue weighted by molar-refractivity contribution is -0.117. The molecule has 0 bridgehead atoms. The molecule has 1 heterocycles. The Labute approximate surface area is 66.1 Å². The number of primary amides is 1. The largest absolute Gasteiger partial charge is 0.380 e. The summed E-state index contributed by atoms with van der Waals surface area (Å²) >= 11 is 0. The van der Waals surface area contributed by atoms with Crippen LogP contribution >= 0.6 is 0 Å². The highest BCUT2D eigenvalue weighted by molar-refractivity contribution is 5.73. The van der Waals surface area contributed by atoms with Gasteiger partial charge in [-0.1, -0.05) is 0 Å². The molecule has 0 saturated carbocycles. The van der Waals surface area contributed by atoms with Crippen LogP contribution in [-0.2, 0) is 9.53 Å². The first kappa shape index (κ1) is 8.49. The number of carbonyl (C=O) groups excluding carboxylic acids is 1. The van der Waals surface area contributed by atoms with E-state index in [0.29, 0.717) is 19.0 Å². The quantitative estimate of drug-likeness (QED) is 0.565. The number of hydrogen-bond donors (Lipinski definition) is 2. The average Bonchev–Trinajstić information content (AvgIpc) is 2.39. The third kappa shape index (κ3) is 3.34. The minimum absolute atomic E-state index is 0.253. The van der Waals surface area contributed by atoms with Crippen molar-refractivity contribution in [2.75, 3.05) is 19.8 Å². The number of nitrogens with two attached hydrogens (primary N) is 1. The van der Waals surface area contributed by atoms with Crippen LogP contribution in [0.25, 0.3) is 0 Å². The molecule has 1 atom stereocenters. The van der Waals surface area contributed by atoms with Crippen molar-refractivity contribution in [3.05, 3.63) is 0 Å². The molecule has 3 N–H and O–H groups in total. The second-order valence-electron chi connectivity index (χ2n) is 2.73. The van der Waals surface area contributed by atoms with Gasteiger partial charge in [0.15, 0.2) is 0 Å². The average molecular weight is 158 g/mol. The topological polar surface area (TPSA) is 64.4 Å². The second kappa shape index (κ2) is 4.31. The van der Waals surface area contributed by atoms with E-state index in [-0.39, 0.29) is 5.91 Å². The molecule has 0 aromatic carbocycles. The molecule has 1 saturated heterocycles. The zero-order chi connectivity index (χ0) is 8.10. The van der Waals surface area contributed by atoms with Crippen molar-refractivity contribution in [2.24, 2.45) is 5.73 Å². The summed E-state index contributed by atoms with van der Waals surface area (Å²) in [5, 5.41) is 3.19. The van der Waals surface area contributed by atoms with Crippen LogP contribution in [0.15, 0.2) is 0 Å². The van der Waals surface area contributed by atoms with Crippen LogP contribution in [0.4, 0.5) is 0 Å². The Morgan fingerprint density at radius 2 is 2.55 bits per heavy atom. The van der Waals surface area contributed by atoms with Crippen LogP contribution in [0.5, 0.6) is 0 Å². The van der Waals surface area contributed by atoms with Crippen molar-refractivity contribution in [3.8, 4) is 0 Å². The van der Waals surface area contributed by atoms with Crippen molar-refractivity contribution < 1.29 is 9.53 Å². The molecule has 1 unspecified atom stereocenters. The van der Waals surface area contributed by atoms with E-state index in [0.717, 1.165) is 19.6 Å². The Morgan fingerprint density at radius 3 is 3.09 bits per heavy atom. The Hall–Kier alpha value is -0.610. The maximum absolute atomic E-state index is 10.3. The second-order valence-corrected chi connectivity index (χ2v) is 2.73. The van der Waals surface area contributed by atoms with E-state index in [1.165, 1.54) is 0 Å². The van der Waals surface area contributed by atoms with Crippen LogP contribution in [0, 0.1) is 0 Å². The molecular formula is C7H14N2O2. The minimum atomic E-state index is -0.253. The van der Waals surface area contributed by atoms with Gasteiger partial charge in [0.05, 0.1) is 6.61 Å². The number of carbonyl (C=O) groups is 1. The molecule has 4 heteroatoms. The predicted octanol–water partition coefficient (Wildman–Crippen LogP) is -0.760. The fraction of sp³-hybridized carbons (Fsp3) is 0.857. The van der Waals surface area contributed by atoms with Crippen LogP contribution in [0.2, 0.25) is 0 Å². The normalized spacial score (nSPS) is 23.8. The molecule has 11 heavy (non-hydrogen) atoms. The Balaban J connectivity index is 1.98. The summed E-state index contributed by atoms with van der Waals surface area (Å²) in [6.45, 7) is 2.26. The first-order valence-corrected chi connectivity index (χ1v) is 3.88. The zero-order valence-electron chi connectivity index (χ0n) is 6.51. The van der Waals surface area contributed by atoms with Crippen molar-refractivity contribution in [1.29, 1.82) is 0 Å². The van der Waals surface area contributed by atoms with Gasteiger partial charge in [-0.3, -0.25) is 4.79 Å². The lowest BCUT2D eigenvalue weighted by Gasteiger charge is -2.07. The maximum atomic E-state index is 10.3. The van der Waals surface area contributed by atoms with E-state index in [4.69, 9.17) is 10.5 Å². The first-order valence-electron chi connectivity index (χ1n) is 3.88. The summed E-state index contributed by atoms with van der Waals surface area (Å²) in [6.07, 6.45) is 1.45. The van der Waals surface area contributed by atoms with E-state index in [9.17, 15) is 4.79 Å². The summed E-state index contributed by atoms with van der Waals surface area (Å²) in [5.41, 5.74) is 4.97. The molecule has 0 aromatic heterocycles. The standard InChI is InChI=1S/C7H14N2O2/c8-7(10)1-3-9-6-2-4-11-5-6/h6,9H,1-5H2,(H2,8,10). The highest BCUT2D eigenvalue weighted by Gasteiger charge is 2.13. The summed E-state index contributed by atoms with van der Waals surface area (Å²) in [4.78, 5) is 10.3. The van der Waals surface area contributed by atoms with Gasteiger partial charge in [-0.05, 0) is 6.42 Å². The molecule has 1 rings (SSSR count). The monoisotopic (exact) mass is 158 g/mol. The fourth-order valence-corrected chi connectivity index (χ4v) is 1.09. The summed E-state index contributed by atoms with van der Waals surface area (Å²) in [6, 6.07) is 0.425. The SMILES string of the molecule is NC(=O)CCNC1CCOC1. The van der Waals surface area contributed by atoms with Gasteiger partial charge in [-0.2, -0.15) is 0 Å². The third-order valence-electron chi connectivity index (χ3n) is 1.73. The molecule has 1 amide bonds. The van der Waals surface area contributed by atoms with Gasteiger partial charge >= 0.3 is 0 Å². The minimum Gasteiger partial charge on any atom is -0.380 e. The number of nitrogens with one attached hydrogen (secondary N) is 1. The molecule has 0 aromatic rings. The highest BCUT2D eigenvalue weighted by atomic mass is 16.5. The number of amides is 1. The van der Waals surface area contributed by atoms with Crippen LogP contribution in [0.3, 0.4) is 0 Å². The molecule has 0 spiro atoms. The van der Waals surface area contributed by atoms with Crippen LogP contribution in [0.1, 0.15) is 12.8 Å². The Morgan fingerprint density at radius 1 is 1.73 bits per heavy atom. The van der Waals surface area contributed by atoms with Crippen molar-refractivity contribution in [3.63, 3.8) is 0 Å². The number of rotatable bonds is 4. The summed E-state index contributed by atoms with van der Waals surface area (Å²) in [7, 11) is 0. The summed E-state index contributed by atoms with van der Waals surface area (Å²) in [5.74, 6) is -0.253. The van der Waals surface area contributed by atoms with Gasteiger partial charge in [-0.25, -0.2) is 0 Å². The summed E-state index contributed by atoms with van der Waals surface area (Å²) < 4.78 is 5.14. The van der Waals surface area contributed by atoms with Gasteiger partial charge in [0, 0.05) is 25.6 Å². The van der Waals surface area contributed by atoms with Gasteiger partial charge in [0.25, 0.3) is 0 Å². The molecule has 4 nitrogen and oxygen atoms in total. The number of hydrogen-bond acceptors (Lipinski definition) is 3. The molecule has 64 valence electrons. The zero-order valence-corrected chi connectivity index (χ0v) is 6.51. The highest BCUT2D eigenvalue weighted by Crippen LogP contribution is 2.02. The van der Waals surface area contributed by atoms with E-state index in [1.54, 1.807) is 0 Å². The molecule has 0 aliphatic carbocycles. The van der Waals surface area contributed by atoms with E-state index in [1.807, 2.05) is 0 Å². The fourth-order valence-electron chi connectivity index (χ4n) is 1.09. The van der Waals surface area contributed by atoms with Crippen LogP contribution < -0.4 is 11.1 Å². The molecule has 0 radical (unpaired) electrons. The van der Waals surface area contributed by atoms with Gasteiger partial charge < -0.3 is 15.8 Å². The predicted molar refractivity (Wildman–Crippen MR) is 41.0 cm³/mol. The maximum Gasteiger partial charge on any atom is 0.218 e. The van der Waals surface area contributed by atoms with Crippen molar-refractivity contribution in [1.82, 2.24) is 5.32 Å². The number of ether oxygens (including phenoxy) is 1. The van der Waals surface area contributed by atoms with Gasteiger partial charge in [0.1, 0.15) is 0 Å². The van der Waals surface area contributed by atoms with Crippen LogP contribution in [-0.4, -0.2) is 31.7 Å². The van der Waals surface area contributed by atoms with Crippen molar-refractivity contribution in [2.45, 2.75) is 18.9 Å². The lowest BCUT2D eigenvalue weighted by atomic mass is 10.2. The molecule has 1 aliphatic rings. The van der Waals surface area contributed by atoms with Gasteiger partial charge in [0.2, 0.25) is 5.91 Å². The van der Waals surface area contributed by atoms with Crippen molar-refractivity contribution >= 4 is 5.91 Å². The first-order chi connectivity index (χ1) is 5.29. The molecule has 1 aliphatic heterocycles. The van der Waals surface area contributed by atoms with Gasteiger partial charge in [-0.15, -0.1) is 0 Å².